The lowest BCUT2D eigenvalue weighted by atomic mass is 10.0. The Hall–Kier alpha value is -2.56. The van der Waals surface area contributed by atoms with Crippen LogP contribution in [-0.2, 0) is 9.53 Å². The zero-order valence-electron chi connectivity index (χ0n) is 17.7. The molecule has 2 aromatic rings. The van der Waals surface area contributed by atoms with Crippen LogP contribution in [0.15, 0.2) is 17.3 Å². The molecule has 0 saturated carbocycles. The standard InChI is InChI=1S/C21H26ClN7O3/c22-20-24-18(28-7-4-15(13-28)32-9-8-27-5-2-1-3-6-27)17-10-14(12-29(17)26-20)16-11-23-21(31)25-19(16)30/h10-12,15-16H,1-9,13H2,(H,25,30,31). The lowest BCUT2D eigenvalue weighted by Gasteiger charge is -2.26. The number of anilines is 1. The molecule has 2 saturated heterocycles. The third-order valence-corrected chi connectivity index (χ3v) is 6.47. The number of ether oxygens (including phenoxy) is 1. The van der Waals surface area contributed by atoms with Crippen molar-refractivity contribution in [2.75, 3.05) is 44.2 Å². The predicted octanol–water partition coefficient (Wildman–Crippen LogP) is 1.87. The number of amides is 3. The first kappa shape index (κ1) is 21.3. The fourth-order valence-electron chi connectivity index (χ4n) is 4.63. The molecule has 2 aromatic heterocycles. The van der Waals surface area contributed by atoms with Crippen LogP contribution in [0.3, 0.4) is 0 Å². The van der Waals surface area contributed by atoms with Gasteiger partial charge in [0.2, 0.25) is 11.2 Å². The molecule has 2 unspecified atom stereocenters. The molecule has 0 radical (unpaired) electrons. The summed E-state index contributed by atoms with van der Waals surface area (Å²) in [6.45, 7) is 5.59. The van der Waals surface area contributed by atoms with Crippen LogP contribution in [0, 0.1) is 0 Å². The van der Waals surface area contributed by atoms with Crippen molar-refractivity contribution in [1.29, 1.82) is 0 Å². The second-order valence-electron chi connectivity index (χ2n) is 8.49. The van der Waals surface area contributed by atoms with E-state index >= 15 is 0 Å². The Kier molecular flexibility index (Phi) is 6.07. The number of nitrogens with one attached hydrogen (secondary N) is 1. The van der Waals surface area contributed by atoms with E-state index in [1.54, 1.807) is 10.7 Å². The quantitative estimate of drug-likeness (QED) is 0.703. The van der Waals surface area contributed by atoms with Gasteiger partial charge in [-0.15, -0.1) is 5.10 Å². The molecule has 10 nitrogen and oxygen atoms in total. The van der Waals surface area contributed by atoms with Crippen molar-refractivity contribution < 1.29 is 14.3 Å². The van der Waals surface area contributed by atoms with Gasteiger partial charge in [0.1, 0.15) is 11.4 Å². The number of imide groups is 1. The number of urea groups is 1. The zero-order valence-corrected chi connectivity index (χ0v) is 18.5. The molecule has 170 valence electrons. The van der Waals surface area contributed by atoms with Gasteiger partial charge in [-0.1, -0.05) is 6.42 Å². The van der Waals surface area contributed by atoms with Crippen LogP contribution in [0.1, 0.15) is 37.2 Å². The molecule has 5 heterocycles. The number of halogens is 1. The highest BCUT2D eigenvalue weighted by atomic mass is 35.5. The topological polar surface area (TPSA) is 104 Å². The average Bonchev–Trinajstić information content (AvgIpc) is 3.41. The van der Waals surface area contributed by atoms with Gasteiger partial charge in [0.05, 0.1) is 12.7 Å². The number of carbonyl (C=O) groups excluding carboxylic acids is 2. The fraction of sp³-hybridized carbons (Fsp3) is 0.571. The van der Waals surface area contributed by atoms with Crippen LogP contribution >= 0.6 is 11.6 Å². The number of fused-ring (bicyclic) bond motifs is 1. The zero-order chi connectivity index (χ0) is 22.1. The van der Waals surface area contributed by atoms with Crippen molar-refractivity contribution >= 4 is 41.1 Å². The summed E-state index contributed by atoms with van der Waals surface area (Å²) >= 11 is 6.19. The van der Waals surface area contributed by atoms with E-state index in [2.05, 4.69) is 30.2 Å². The Morgan fingerprint density at radius 2 is 2.03 bits per heavy atom. The molecular formula is C21H26ClN7O3. The number of aromatic nitrogens is 3. The van der Waals surface area contributed by atoms with Crippen molar-refractivity contribution in [3.8, 4) is 0 Å². The van der Waals surface area contributed by atoms with Crippen molar-refractivity contribution in [2.24, 2.45) is 4.99 Å². The second-order valence-corrected chi connectivity index (χ2v) is 8.83. The monoisotopic (exact) mass is 459 g/mol. The molecule has 32 heavy (non-hydrogen) atoms. The summed E-state index contributed by atoms with van der Waals surface area (Å²) in [6, 6.07) is 1.20. The number of hydrogen-bond acceptors (Lipinski definition) is 7. The summed E-state index contributed by atoms with van der Waals surface area (Å²) in [5, 5.41) is 6.60. The molecule has 0 spiro atoms. The molecule has 0 aromatic carbocycles. The SMILES string of the molecule is O=C1N=CC(c2cc3c(N4CCC(OCCN5CCCCC5)C4)nc(Cl)nn3c2)C(=O)N1. The molecule has 3 aliphatic heterocycles. The smallest absolute Gasteiger partial charge is 0.347 e. The first-order chi connectivity index (χ1) is 15.6. The number of likely N-dealkylation sites (tertiary alicyclic amines) is 1. The van der Waals surface area contributed by atoms with Crippen LogP contribution in [-0.4, -0.2) is 83.1 Å². The van der Waals surface area contributed by atoms with E-state index in [9.17, 15) is 9.59 Å². The Morgan fingerprint density at radius 3 is 2.84 bits per heavy atom. The number of carbonyl (C=O) groups is 2. The Morgan fingerprint density at radius 1 is 1.19 bits per heavy atom. The summed E-state index contributed by atoms with van der Waals surface area (Å²) in [5.74, 6) is -0.363. The molecule has 3 amide bonds. The normalized spacial score (nSPS) is 24.5. The van der Waals surface area contributed by atoms with Crippen molar-refractivity contribution in [2.45, 2.75) is 37.7 Å². The van der Waals surface area contributed by atoms with Gasteiger partial charge in [0.15, 0.2) is 5.82 Å². The van der Waals surface area contributed by atoms with E-state index in [1.165, 1.54) is 38.6 Å². The summed E-state index contributed by atoms with van der Waals surface area (Å²) in [7, 11) is 0. The van der Waals surface area contributed by atoms with Gasteiger partial charge in [-0.25, -0.2) is 14.3 Å². The highest BCUT2D eigenvalue weighted by molar-refractivity contribution is 6.28. The maximum atomic E-state index is 12.2. The predicted molar refractivity (Wildman–Crippen MR) is 120 cm³/mol. The summed E-state index contributed by atoms with van der Waals surface area (Å²) in [6.07, 6.45) is 8.04. The first-order valence-corrected chi connectivity index (χ1v) is 11.5. The maximum Gasteiger partial charge on any atom is 0.347 e. The van der Waals surface area contributed by atoms with Crippen molar-refractivity contribution in [3.05, 3.63) is 23.1 Å². The Bertz CT molecular complexity index is 1050. The van der Waals surface area contributed by atoms with Crippen LogP contribution in [0.4, 0.5) is 10.6 Å². The maximum absolute atomic E-state index is 12.2. The number of piperidine rings is 1. The van der Waals surface area contributed by atoms with Crippen molar-refractivity contribution in [1.82, 2.24) is 24.8 Å². The van der Waals surface area contributed by atoms with Gasteiger partial charge >= 0.3 is 6.03 Å². The average molecular weight is 460 g/mol. The van der Waals surface area contributed by atoms with Gasteiger partial charge in [-0.3, -0.25) is 10.1 Å². The minimum Gasteiger partial charge on any atom is -0.375 e. The van der Waals surface area contributed by atoms with E-state index in [0.717, 1.165) is 38.2 Å². The van der Waals surface area contributed by atoms with Crippen LogP contribution in [0.5, 0.6) is 0 Å². The molecule has 2 fully saturated rings. The highest BCUT2D eigenvalue weighted by Gasteiger charge is 2.29. The van der Waals surface area contributed by atoms with Gasteiger partial charge in [0.25, 0.3) is 0 Å². The summed E-state index contributed by atoms with van der Waals surface area (Å²) in [4.78, 5) is 36.3. The number of nitrogens with zero attached hydrogens (tertiary/aromatic N) is 6. The van der Waals surface area contributed by atoms with E-state index < -0.39 is 17.9 Å². The van der Waals surface area contributed by atoms with Crippen LogP contribution in [0.2, 0.25) is 5.28 Å². The summed E-state index contributed by atoms with van der Waals surface area (Å²) < 4.78 is 7.78. The Balaban J connectivity index is 1.28. The molecule has 5 rings (SSSR count). The molecule has 1 N–H and O–H groups in total. The van der Waals surface area contributed by atoms with E-state index in [1.807, 2.05) is 6.07 Å². The van der Waals surface area contributed by atoms with Crippen LogP contribution in [0.25, 0.3) is 5.52 Å². The first-order valence-electron chi connectivity index (χ1n) is 11.1. The van der Waals surface area contributed by atoms with Gasteiger partial charge in [0, 0.05) is 32.0 Å². The fourth-order valence-corrected chi connectivity index (χ4v) is 4.79. The third-order valence-electron chi connectivity index (χ3n) is 6.31. The number of hydrogen-bond donors (Lipinski definition) is 1. The highest BCUT2D eigenvalue weighted by Crippen LogP contribution is 2.29. The molecule has 11 heteroatoms. The minimum absolute atomic E-state index is 0.126. The number of rotatable bonds is 6. The van der Waals surface area contributed by atoms with E-state index in [4.69, 9.17) is 16.3 Å². The van der Waals surface area contributed by atoms with Crippen LogP contribution < -0.4 is 10.2 Å². The molecule has 0 aliphatic carbocycles. The Labute approximate surface area is 190 Å². The van der Waals surface area contributed by atoms with Gasteiger partial charge in [-0.2, -0.15) is 4.98 Å². The van der Waals surface area contributed by atoms with E-state index in [-0.39, 0.29) is 11.4 Å². The lowest BCUT2D eigenvalue weighted by Crippen LogP contribution is -2.37. The largest absolute Gasteiger partial charge is 0.375 e. The molecule has 3 aliphatic rings. The minimum atomic E-state index is -0.662. The number of aliphatic imine (C=N–C) groups is 1. The molecule has 2 atom stereocenters. The summed E-state index contributed by atoms with van der Waals surface area (Å²) in [5.41, 5.74) is 1.42. The van der Waals surface area contributed by atoms with Gasteiger partial charge in [-0.05, 0) is 55.6 Å². The molecule has 0 bridgehead atoms. The van der Waals surface area contributed by atoms with Gasteiger partial charge < -0.3 is 14.5 Å². The second kappa shape index (κ2) is 9.13. The van der Waals surface area contributed by atoms with Crippen molar-refractivity contribution in [3.63, 3.8) is 0 Å². The van der Waals surface area contributed by atoms with E-state index in [0.29, 0.717) is 11.4 Å². The third kappa shape index (κ3) is 4.48. The lowest BCUT2D eigenvalue weighted by molar-refractivity contribution is -0.120. The molecular weight excluding hydrogens is 434 g/mol.